The van der Waals surface area contributed by atoms with E-state index in [0.717, 1.165) is 24.1 Å². The summed E-state index contributed by atoms with van der Waals surface area (Å²) in [6.07, 6.45) is 4.63. The maximum absolute atomic E-state index is 12.2. The van der Waals surface area contributed by atoms with E-state index < -0.39 is 0 Å². The van der Waals surface area contributed by atoms with Crippen LogP contribution in [-0.2, 0) is 13.2 Å². The largest absolute Gasteiger partial charge is 0.487 e. The van der Waals surface area contributed by atoms with Gasteiger partial charge in [-0.15, -0.1) is 0 Å². The highest BCUT2D eigenvalue weighted by molar-refractivity contribution is 6.35. The smallest absolute Gasteiger partial charge is 0.251 e. The average Bonchev–Trinajstić information content (AvgIpc) is 3.10. The zero-order chi connectivity index (χ0) is 19.9. The molecule has 146 valence electrons. The van der Waals surface area contributed by atoms with Crippen LogP contribution in [-0.4, -0.2) is 22.2 Å². The molecule has 1 heterocycles. The Kier molecular flexibility index (Phi) is 6.95. The lowest BCUT2D eigenvalue weighted by atomic mass is 10.1. The van der Waals surface area contributed by atoms with E-state index in [-0.39, 0.29) is 5.91 Å². The lowest BCUT2D eigenvalue weighted by molar-refractivity contribution is 0.0952. The number of hydrogen-bond acceptors (Lipinski definition) is 3. The first-order chi connectivity index (χ1) is 13.5. The van der Waals surface area contributed by atoms with Crippen molar-refractivity contribution in [2.24, 2.45) is 0 Å². The van der Waals surface area contributed by atoms with E-state index in [1.165, 1.54) is 0 Å². The normalized spacial score (nSPS) is 10.7. The number of carbonyl (C=O) groups excluding carboxylic acids is 1. The molecule has 0 saturated carbocycles. The van der Waals surface area contributed by atoms with E-state index >= 15 is 0 Å². The van der Waals surface area contributed by atoms with Crippen LogP contribution in [0.5, 0.6) is 5.75 Å². The van der Waals surface area contributed by atoms with Crippen molar-refractivity contribution in [2.75, 3.05) is 6.54 Å². The molecule has 0 atom stereocenters. The summed E-state index contributed by atoms with van der Waals surface area (Å²) in [7, 11) is 0. The Morgan fingerprint density at radius 2 is 1.96 bits per heavy atom. The Morgan fingerprint density at radius 3 is 2.64 bits per heavy atom. The van der Waals surface area contributed by atoms with Crippen molar-refractivity contribution in [1.82, 2.24) is 15.1 Å². The van der Waals surface area contributed by atoms with E-state index in [2.05, 4.69) is 10.4 Å². The van der Waals surface area contributed by atoms with Gasteiger partial charge in [-0.25, -0.2) is 0 Å². The average molecular weight is 418 g/mol. The van der Waals surface area contributed by atoms with Crippen molar-refractivity contribution in [3.63, 3.8) is 0 Å². The standard InChI is InChI=1S/C21H21Cl2N3O2/c1-15-12-25-26(13-15)10-2-9-24-21(27)17-5-3-16(4-6-17)14-28-20-8-7-18(22)11-19(20)23/h3-8,11-13H,2,9-10,14H2,1H3,(H,24,27). The van der Waals surface area contributed by atoms with Crippen molar-refractivity contribution >= 4 is 29.1 Å². The highest BCUT2D eigenvalue weighted by Crippen LogP contribution is 2.28. The molecule has 0 fully saturated rings. The number of halogens is 2. The molecule has 1 N–H and O–H groups in total. The van der Waals surface area contributed by atoms with Gasteiger partial charge < -0.3 is 10.1 Å². The molecule has 3 rings (SSSR count). The highest BCUT2D eigenvalue weighted by Gasteiger charge is 2.06. The van der Waals surface area contributed by atoms with E-state index in [4.69, 9.17) is 27.9 Å². The first-order valence-corrected chi connectivity index (χ1v) is 9.71. The van der Waals surface area contributed by atoms with Gasteiger partial charge in [0.05, 0.1) is 11.2 Å². The zero-order valence-corrected chi connectivity index (χ0v) is 17.0. The SMILES string of the molecule is Cc1cnn(CCCNC(=O)c2ccc(COc3ccc(Cl)cc3Cl)cc2)c1. The van der Waals surface area contributed by atoms with Crippen LogP contribution >= 0.6 is 23.2 Å². The van der Waals surface area contributed by atoms with Gasteiger partial charge in [-0.3, -0.25) is 9.48 Å². The van der Waals surface area contributed by atoms with Crippen molar-refractivity contribution < 1.29 is 9.53 Å². The molecule has 0 saturated heterocycles. The Labute approximate surface area is 174 Å². The summed E-state index contributed by atoms with van der Waals surface area (Å²) in [5.41, 5.74) is 2.69. The number of aryl methyl sites for hydroxylation is 2. The Hall–Kier alpha value is -2.50. The molecule has 1 amide bonds. The second kappa shape index (κ2) is 9.62. The molecule has 1 aromatic heterocycles. The van der Waals surface area contributed by atoms with E-state index in [9.17, 15) is 4.79 Å². The van der Waals surface area contributed by atoms with E-state index in [1.807, 2.05) is 36.1 Å². The fraction of sp³-hybridized carbons (Fsp3) is 0.238. The number of rotatable bonds is 8. The quantitative estimate of drug-likeness (QED) is 0.530. The van der Waals surface area contributed by atoms with Gasteiger partial charge >= 0.3 is 0 Å². The summed E-state index contributed by atoms with van der Waals surface area (Å²) in [5.74, 6) is 0.477. The van der Waals surface area contributed by atoms with Gasteiger partial charge in [0.15, 0.2) is 0 Å². The molecule has 28 heavy (non-hydrogen) atoms. The van der Waals surface area contributed by atoms with Crippen LogP contribution in [0.3, 0.4) is 0 Å². The van der Waals surface area contributed by atoms with Crippen molar-refractivity contribution in [1.29, 1.82) is 0 Å². The van der Waals surface area contributed by atoms with Crippen LogP contribution in [0, 0.1) is 6.92 Å². The van der Waals surface area contributed by atoms with Crippen LogP contribution in [0.4, 0.5) is 0 Å². The predicted molar refractivity (Wildman–Crippen MR) is 111 cm³/mol. The molecule has 0 spiro atoms. The Bertz CT molecular complexity index is 939. The van der Waals surface area contributed by atoms with Gasteiger partial charge in [0, 0.05) is 29.9 Å². The summed E-state index contributed by atoms with van der Waals surface area (Å²) in [5, 5.41) is 8.18. The first kappa shape index (κ1) is 20.2. The summed E-state index contributed by atoms with van der Waals surface area (Å²) < 4.78 is 7.58. The van der Waals surface area contributed by atoms with Crippen molar-refractivity contribution in [2.45, 2.75) is 26.5 Å². The molecule has 0 unspecified atom stereocenters. The monoisotopic (exact) mass is 417 g/mol. The van der Waals surface area contributed by atoms with Crippen LogP contribution < -0.4 is 10.1 Å². The maximum atomic E-state index is 12.2. The Morgan fingerprint density at radius 1 is 1.18 bits per heavy atom. The molecule has 7 heteroatoms. The van der Waals surface area contributed by atoms with Gasteiger partial charge in [0.1, 0.15) is 12.4 Å². The number of ether oxygens (including phenoxy) is 1. The third-order valence-electron chi connectivity index (χ3n) is 4.12. The molecule has 2 aromatic carbocycles. The third-order valence-corrected chi connectivity index (χ3v) is 4.65. The Balaban J connectivity index is 1.44. The summed E-state index contributed by atoms with van der Waals surface area (Å²) in [6.45, 7) is 3.73. The van der Waals surface area contributed by atoms with Crippen molar-refractivity contribution in [3.05, 3.63) is 81.6 Å². The lowest BCUT2D eigenvalue weighted by Gasteiger charge is -2.09. The molecule has 0 aliphatic rings. The fourth-order valence-electron chi connectivity index (χ4n) is 2.64. The van der Waals surface area contributed by atoms with Crippen LogP contribution in [0.1, 0.15) is 27.9 Å². The first-order valence-electron chi connectivity index (χ1n) is 8.95. The second-order valence-electron chi connectivity index (χ2n) is 6.45. The minimum Gasteiger partial charge on any atom is -0.487 e. The summed E-state index contributed by atoms with van der Waals surface area (Å²) >= 11 is 12.0. The number of benzene rings is 2. The van der Waals surface area contributed by atoms with E-state index in [1.54, 1.807) is 30.3 Å². The minimum atomic E-state index is -0.0927. The number of nitrogens with zero attached hydrogens (tertiary/aromatic N) is 2. The molecule has 0 radical (unpaired) electrons. The topological polar surface area (TPSA) is 56.2 Å². The molecule has 0 bridgehead atoms. The molecular formula is C21H21Cl2N3O2. The van der Waals surface area contributed by atoms with Gasteiger partial charge in [-0.05, 0) is 54.8 Å². The number of carbonyl (C=O) groups is 1. The predicted octanol–water partition coefficient (Wildman–Crippen LogP) is 4.90. The summed E-state index contributed by atoms with van der Waals surface area (Å²) in [6, 6.07) is 12.4. The van der Waals surface area contributed by atoms with Gasteiger partial charge in [0.2, 0.25) is 0 Å². The van der Waals surface area contributed by atoms with Crippen molar-refractivity contribution in [3.8, 4) is 5.75 Å². The van der Waals surface area contributed by atoms with Gasteiger partial charge in [-0.2, -0.15) is 5.10 Å². The highest BCUT2D eigenvalue weighted by atomic mass is 35.5. The van der Waals surface area contributed by atoms with E-state index in [0.29, 0.717) is 34.5 Å². The fourth-order valence-corrected chi connectivity index (χ4v) is 3.10. The maximum Gasteiger partial charge on any atom is 0.251 e. The molecule has 5 nitrogen and oxygen atoms in total. The molecular weight excluding hydrogens is 397 g/mol. The minimum absolute atomic E-state index is 0.0927. The summed E-state index contributed by atoms with van der Waals surface area (Å²) in [4.78, 5) is 12.2. The van der Waals surface area contributed by atoms with Gasteiger partial charge in [0.25, 0.3) is 5.91 Å². The van der Waals surface area contributed by atoms with Crippen LogP contribution in [0.15, 0.2) is 54.9 Å². The number of hydrogen-bond donors (Lipinski definition) is 1. The molecule has 3 aromatic rings. The number of nitrogens with one attached hydrogen (secondary N) is 1. The van der Waals surface area contributed by atoms with Gasteiger partial charge in [-0.1, -0.05) is 35.3 Å². The van der Waals surface area contributed by atoms with Crippen LogP contribution in [0.2, 0.25) is 10.0 Å². The molecule has 0 aliphatic heterocycles. The lowest BCUT2D eigenvalue weighted by Crippen LogP contribution is -2.25. The number of amides is 1. The van der Waals surface area contributed by atoms with Crippen LogP contribution in [0.25, 0.3) is 0 Å². The zero-order valence-electron chi connectivity index (χ0n) is 15.5. The second-order valence-corrected chi connectivity index (χ2v) is 7.29. The molecule has 0 aliphatic carbocycles. The third kappa shape index (κ3) is 5.75. The number of aromatic nitrogens is 2.